The van der Waals surface area contributed by atoms with E-state index in [1.54, 1.807) is 0 Å². The molecule has 1 saturated heterocycles. The first-order valence-electron chi connectivity index (χ1n) is 8.17. The monoisotopic (exact) mass is 397 g/mol. The second kappa shape index (κ2) is 8.12. The summed E-state index contributed by atoms with van der Waals surface area (Å²) in [5, 5.41) is 12.3. The molecule has 1 amide bonds. The molecular weight excluding hydrogens is 374 g/mol. The van der Waals surface area contributed by atoms with Gasteiger partial charge in [-0.05, 0) is 50.3 Å². The van der Waals surface area contributed by atoms with E-state index in [1.165, 1.54) is 0 Å². The largest absolute Gasteiger partial charge is 0.481 e. The van der Waals surface area contributed by atoms with Crippen molar-refractivity contribution in [3.63, 3.8) is 0 Å². The van der Waals surface area contributed by atoms with Crippen molar-refractivity contribution >= 4 is 27.8 Å². The number of carboxylic acid groups (broad SMARTS) is 1. The summed E-state index contributed by atoms with van der Waals surface area (Å²) in [6.45, 7) is 5.01. The number of amides is 1. The van der Waals surface area contributed by atoms with Gasteiger partial charge in [-0.25, -0.2) is 0 Å². The molecule has 1 heterocycles. The number of rotatable bonds is 6. The van der Waals surface area contributed by atoms with Gasteiger partial charge in [0.2, 0.25) is 5.91 Å². The van der Waals surface area contributed by atoms with E-state index in [4.69, 9.17) is 4.74 Å². The van der Waals surface area contributed by atoms with Gasteiger partial charge in [0.25, 0.3) is 0 Å². The first kappa shape index (κ1) is 18.9. The highest BCUT2D eigenvalue weighted by Gasteiger charge is 2.34. The Balaban J connectivity index is 2.03. The lowest BCUT2D eigenvalue weighted by Crippen LogP contribution is -2.45. The van der Waals surface area contributed by atoms with E-state index in [0.29, 0.717) is 13.2 Å². The normalized spacial score (nSPS) is 17.3. The molecule has 1 aliphatic heterocycles. The van der Waals surface area contributed by atoms with Crippen LogP contribution in [0.25, 0.3) is 0 Å². The number of carbonyl (C=O) groups is 2. The summed E-state index contributed by atoms with van der Waals surface area (Å²) in [5.74, 6) is -1.55. The van der Waals surface area contributed by atoms with Crippen molar-refractivity contribution in [1.29, 1.82) is 0 Å². The number of ether oxygens (including phenoxy) is 1. The molecule has 24 heavy (non-hydrogen) atoms. The molecule has 1 aromatic rings. The molecule has 0 aliphatic carbocycles. The van der Waals surface area contributed by atoms with E-state index in [0.717, 1.165) is 22.9 Å². The Kier molecular flexibility index (Phi) is 6.40. The van der Waals surface area contributed by atoms with E-state index < -0.39 is 17.3 Å². The molecule has 1 aliphatic rings. The number of carboxylic acids is 1. The fourth-order valence-electron chi connectivity index (χ4n) is 3.01. The maximum absolute atomic E-state index is 12.6. The number of carbonyl (C=O) groups excluding carboxylic acids is 1. The van der Waals surface area contributed by atoms with Crippen molar-refractivity contribution in [3.8, 4) is 0 Å². The minimum atomic E-state index is -0.859. The van der Waals surface area contributed by atoms with Gasteiger partial charge in [-0.15, -0.1) is 0 Å². The highest BCUT2D eigenvalue weighted by atomic mass is 79.9. The molecule has 5 nitrogen and oxygen atoms in total. The second-order valence-corrected chi connectivity index (χ2v) is 7.66. The van der Waals surface area contributed by atoms with Gasteiger partial charge in [-0.1, -0.05) is 28.1 Å². The molecule has 0 spiro atoms. The predicted octanol–water partition coefficient (Wildman–Crippen LogP) is 2.97. The summed E-state index contributed by atoms with van der Waals surface area (Å²) in [5.41, 5.74) is 0.148. The van der Waals surface area contributed by atoms with E-state index in [9.17, 15) is 14.7 Å². The Hall–Kier alpha value is -1.40. The number of aliphatic carboxylic acids is 1. The van der Waals surface area contributed by atoms with Crippen LogP contribution >= 0.6 is 15.9 Å². The van der Waals surface area contributed by atoms with Gasteiger partial charge in [0, 0.05) is 24.2 Å². The van der Waals surface area contributed by atoms with Gasteiger partial charge in [-0.2, -0.15) is 0 Å². The van der Waals surface area contributed by atoms with Crippen LogP contribution < -0.4 is 5.32 Å². The average Bonchev–Trinajstić information content (AvgIpc) is 2.55. The molecule has 0 saturated carbocycles. The van der Waals surface area contributed by atoms with Crippen LogP contribution in [0, 0.1) is 11.8 Å². The number of hydrogen-bond acceptors (Lipinski definition) is 3. The number of nitrogens with one attached hydrogen (secondary N) is 1. The van der Waals surface area contributed by atoms with E-state index in [2.05, 4.69) is 21.2 Å². The molecule has 2 rings (SSSR count). The van der Waals surface area contributed by atoms with Crippen LogP contribution in [0.5, 0.6) is 0 Å². The van der Waals surface area contributed by atoms with Gasteiger partial charge in [-0.3, -0.25) is 9.59 Å². The summed E-state index contributed by atoms with van der Waals surface area (Å²) >= 11 is 3.42. The van der Waals surface area contributed by atoms with Crippen molar-refractivity contribution in [3.05, 3.63) is 34.3 Å². The maximum atomic E-state index is 12.6. The lowest BCUT2D eigenvalue weighted by molar-refractivity contribution is -0.145. The summed E-state index contributed by atoms with van der Waals surface area (Å²) in [6.07, 6.45) is 1.45. The third-order valence-electron chi connectivity index (χ3n) is 4.75. The lowest BCUT2D eigenvalue weighted by atomic mass is 9.82. The molecular formula is C18H24BrNO4. The minimum Gasteiger partial charge on any atom is -0.481 e. The Morgan fingerprint density at radius 2 is 2.04 bits per heavy atom. The molecule has 1 unspecified atom stereocenters. The molecule has 132 valence electrons. The van der Waals surface area contributed by atoms with Gasteiger partial charge in [0.1, 0.15) is 0 Å². The standard InChI is InChI=1S/C18H24BrNO4/c1-18(2,13-4-3-5-14(19)10-13)17(23)20-11-15(16(21)22)12-6-8-24-9-7-12/h3-5,10,12,15H,6-9,11H2,1-2H3,(H,20,23)(H,21,22). The van der Waals surface area contributed by atoms with Gasteiger partial charge in [0.05, 0.1) is 11.3 Å². The van der Waals surface area contributed by atoms with E-state index in [1.807, 2.05) is 38.1 Å². The second-order valence-electron chi connectivity index (χ2n) is 6.74. The van der Waals surface area contributed by atoms with Crippen LogP contribution in [-0.2, 0) is 19.7 Å². The van der Waals surface area contributed by atoms with E-state index >= 15 is 0 Å². The average molecular weight is 398 g/mol. The van der Waals surface area contributed by atoms with Crippen molar-refractivity contribution in [2.24, 2.45) is 11.8 Å². The van der Waals surface area contributed by atoms with Crippen molar-refractivity contribution in [2.45, 2.75) is 32.1 Å². The fraction of sp³-hybridized carbons (Fsp3) is 0.556. The molecule has 0 aromatic heterocycles. The Morgan fingerprint density at radius 1 is 1.38 bits per heavy atom. The van der Waals surface area contributed by atoms with Crippen LogP contribution in [0.2, 0.25) is 0 Å². The quantitative estimate of drug-likeness (QED) is 0.773. The zero-order valence-electron chi connectivity index (χ0n) is 14.0. The van der Waals surface area contributed by atoms with Crippen molar-refractivity contribution in [1.82, 2.24) is 5.32 Å². The van der Waals surface area contributed by atoms with Crippen LogP contribution in [0.4, 0.5) is 0 Å². The summed E-state index contributed by atoms with van der Waals surface area (Å²) in [4.78, 5) is 24.2. The molecule has 0 bridgehead atoms. The highest BCUT2D eigenvalue weighted by molar-refractivity contribution is 9.10. The Bertz CT molecular complexity index is 596. The number of hydrogen-bond donors (Lipinski definition) is 2. The Morgan fingerprint density at radius 3 is 2.62 bits per heavy atom. The zero-order chi connectivity index (χ0) is 17.7. The van der Waals surface area contributed by atoms with Crippen LogP contribution in [-0.4, -0.2) is 36.7 Å². The topological polar surface area (TPSA) is 75.6 Å². The molecule has 1 aromatic carbocycles. The SMILES string of the molecule is CC(C)(C(=O)NCC(C(=O)O)C1CCOCC1)c1cccc(Br)c1. The highest BCUT2D eigenvalue weighted by Crippen LogP contribution is 2.27. The van der Waals surface area contributed by atoms with Gasteiger partial charge >= 0.3 is 5.97 Å². The lowest BCUT2D eigenvalue weighted by Gasteiger charge is -2.29. The third kappa shape index (κ3) is 4.57. The molecule has 1 atom stereocenters. The Labute approximate surface area is 150 Å². The molecule has 6 heteroatoms. The van der Waals surface area contributed by atoms with Crippen molar-refractivity contribution in [2.75, 3.05) is 19.8 Å². The smallest absolute Gasteiger partial charge is 0.308 e. The molecule has 2 N–H and O–H groups in total. The van der Waals surface area contributed by atoms with Gasteiger partial charge in [0.15, 0.2) is 0 Å². The maximum Gasteiger partial charge on any atom is 0.308 e. The number of halogens is 1. The molecule has 1 fully saturated rings. The minimum absolute atomic E-state index is 0.0468. The van der Waals surface area contributed by atoms with Crippen LogP contribution in [0.1, 0.15) is 32.3 Å². The van der Waals surface area contributed by atoms with Gasteiger partial charge < -0.3 is 15.2 Å². The molecule has 0 radical (unpaired) electrons. The predicted molar refractivity (Wildman–Crippen MR) is 94.8 cm³/mol. The zero-order valence-corrected chi connectivity index (χ0v) is 15.6. The summed E-state index contributed by atoms with van der Waals surface area (Å²) in [6, 6.07) is 7.60. The first-order valence-corrected chi connectivity index (χ1v) is 8.96. The fourth-order valence-corrected chi connectivity index (χ4v) is 3.40. The first-order chi connectivity index (χ1) is 11.3. The van der Waals surface area contributed by atoms with Crippen molar-refractivity contribution < 1.29 is 19.4 Å². The number of benzene rings is 1. The van der Waals surface area contributed by atoms with Crippen LogP contribution in [0.3, 0.4) is 0 Å². The third-order valence-corrected chi connectivity index (χ3v) is 5.24. The summed E-state index contributed by atoms with van der Waals surface area (Å²) in [7, 11) is 0. The van der Waals surface area contributed by atoms with Crippen LogP contribution in [0.15, 0.2) is 28.7 Å². The summed E-state index contributed by atoms with van der Waals surface area (Å²) < 4.78 is 6.20. The van der Waals surface area contributed by atoms with E-state index in [-0.39, 0.29) is 18.4 Å².